The molecule has 2 aliphatic heterocycles. The molecule has 51 heavy (non-hydrogen) atoms. The Hall–Kier alpha value is -0.120. The van der Waals surface area contributed by atoms with Gasteiger partial charge in [0.15, 0.2) is 0 Å². The molecule has 2 heterocycles. The molecule has 0 spiro atoms. The van der Waals surface area contributed by atoms with Crippen molar-refractivity contribution in [2.24, 2.45) is 62.1 Å². The van der Waals surface area contributed by atoms with E-state index in [1.54, 1.807) is 0 Å². The highest BCUT2D eigenvalue weighted by molar-refractivity contribution is 5.03. The lowest BCUT2D eigenvalue weighted by atomic mass is 9.52. The normalized spacial score (nSPS) is 35.1. The quantitative estimate of drug-likeness (QED) is 0.132. The second kappa shape index (κ2) is 17.8. The molecule has 0 aromatic heterocycles. The molecule has 2 saturated heterocycles. The summed E-state index contributed by atoms with van der Waals surface area (Å²) in [5.41, 5.74) is 2.39. The van der Waals surface area contributed by atoms with Crippen LogP contribution in [-0.4, -0.2) is 37.8 Å². The van der Waals surface area contributed by atoms with Gasteiger partial charge in [-0.05, 0) is 134 Å². The fourth-order valence-electron chi connectivity index (χ4n) is 12.3. The van der Waals surface area contributed by atoms with Crippen molar-refractivity contribution in [3.8, 4) is 0 Å². The first-order valence-corrected chi connectivity index (χ1v) is 22.5. The van der Waals surface area contributed by atoms with Gasteiger partial charge in [0.05, 0.1) is 0 Å². The Balaban J connectivity index is 2.20. The summed E-state index contributed by atoms with van der Waals surface area (Å²) in [6, 6.07) is 0. The molecular weight excluding hydrogens is 619 g/mol. The molecule has 3 heteroatoms. The molecule has 12 unspecified atom stereocenters. The van der Waals surface area contributed by atoms with Gasteiger partial charge in [-0.3, -0.25) is 0 Å². The molecule has 0 radical (unpaired) electrons. The zero-order valence-corrected chi connectivity index (χ0v) is 38.7. The zero-order valence-electron chi connectivity index (χ0n) is 38.7. The highest BCUT2D eigenvalue weighted by atomic mass is 15.0. The fourth-order valence-corrected chi connectivity index (χ4v) is 12.3. The van der Waals surface area contributed by atoms with Gasteiger partial charge >= 0.3 is 0 Å². The van der Waals surface area contributed by atoms with Gasteiger partial charge in [-0.15, -0.1) is 0 Å². The van der Waals surface area contributed by atoms with E-state index in [0.717, 1.165) is 25.6 Å². The standard InChI is InChI=1S/C48H97N3/c1-20-26-42(12,21-2)39(8)45(15)28-24-27-44(14,33-50-34-45)38(7)41(10,11)32-43(13,22-3)40(9)46(16)29-25-30-48(18,51-35-46)37(6)36(5)31-47(17,23-4)49-19/h36-40,49-51H,20-35H2,1-19H3. The van der Waals surface area contributed by atoms with E-state index in [2.05, 4.69) is 148 Å². The van der Waals surface area contributed by atoms with Gasteiger partial charge in [0.25, 0.3) is 0 Å². The summed E-state index contributed by atoms with van der Waals surface area (Å²) < 4.78 is 0. The number of hydrogen-bond donors (Lipinski definition) is 3. The summed E-state index contributed by atoms with van der Waals surface area (Å²) in [5.74, 6) is 3.34. The van der Waals surface area contributed by atoms with Crippen molar-refractivity contribution in [1.29, 1.82) is 0 Å². The van der Waals surface area contributed by atoms with E-state index in [0.29, 0.717) is 50.7 Å². The predicted molar refractivity (Wildman–Crippen MR) is 230 cm³/mol. The Morgan fingerprint density at radius 2 is 1.10 bits per heavy atom. The molecule has 0 aromatic rings. The maximum atomic E-state index is 4.29. The second-order valence-corrected chi connectivity index (χ2v) is 22.3. The van der Waals surface area contributed by atoms with Crippen molar-refractivity contribution in [2.45, 2.75) is 219 Å². The molecule has 2 fully saturated rings. The predicted octanol–water partition coefficient (Wildman–Crippen LogP) is 13.3. The van der Waals surface area contributed by atoms with Crippen LogP contribution in [0.15, 0.2) is 0 Å². The van der Waals surface area contributed by atoms with Gasteiger partial charge in [-0.1, -0.05) is 143 Å². The summed E-state index contributed by atoms with van der Waals surface area (Å²) in [4.78, 5) is 0. The summed E-state index contributed by atoms with van der Waals surface area (Å²) in [6.45, 7) is 49.3. The topological polar surface area (TPSA) is 36.1 Å². The third-order valence-electron chi connectivity index (χ3n) is 18.6. The van der Waals surface area contributed by atoms with Crippen molar-refractivity contribution < 1.29 is 0 Å². The van der Waals surface area contributed by atoms with Crippen molar-refractivity contribution in [3.63, 3.8) is 0 Å². The van der Waals surface area contributed by atoms with Crippen LogP contribution in [0.3, 0.4) is 0 Å². The van der Waals surface area contributed by atoms with Crippen LogP contribution >= 0.6 is 0 Å². The van der Waals surface area contributed by atoms with Crippen molar-refractivity contribution in [3.05, 3.63) is 0 Å². The first-order valence-electron chi connectivity index (χ1n) is 22.5. The fraction of sp³-hybridized carbons (Fsp3) is 1.00. The first-order chi connectivity index (χ1) is 23.3. The van der Waals surface area contributed by atoms with Gasteiger partial charge in [0.2, 0.25) is 0 Å². The van der Waals surface area contributed by atoms with E-state index in [9.17, 15) is 0 Å². The summed E-state index contributed by atoms with van der Waals surface area (Å²) >= 11 is 0. The number of hydrogen-bond acceptors (Lipinski definition) is 3. The molecule has 304 valence electrons. The average molecular weight is 716 g/mol. The smallest absolute Gasteiger partial charge is 0.0181 e. The highest BCUT2D eigenvalue weighted by Crippen LogP contribution is 2.57. The molecule has 0 aliphatic carbocycles. The van der Waals surface area contributed by atoms with Crippen LogP contribution in [0.1, 0.15) is 208 Å². The minimum absolute atomic E-state index is 0.189. The number of rotatable bonds is 18. The van der Waals surface area contributed by atoms with Gasteiger partial charge in [0, 0.05) is 30.7 Å². The molecule has 3 nitrogen and oxygen atoms in total. The lowest BCUT2D eigenvalue weighted by Crippen LogP contribution is -2.54. The Morgan fingerprint density at radius 1 is 0.627 bits per heavy atom. The third-order valence-corrected chi connectivity index (χ3v) is 18.6. The lowest BCUT2D eigenvalue weighted by molar-refractivity contribution is -0.0352. The number of nitrogens with one attached hydrogen (secondary N) is 3. The largest absolute Gasteiger partial charge is 0.316 e. The van der Waals surface area contributed by atoms with E-state index in [-0.39, 0.29) is 16.5 Å². The van der Waals surface area contributed by atoms with Crippen LogP contribution in [0.4, 0.5) is 0 Å². The Bertz CT molecular complexity index is 1040. The molecule has 2 rings (SSSR count). The molecule has 0 saturated carbocycles. The highest BCUT2D eigenvalue weighted by Gasteiger charge is 2.51. The molecule has 2 aliphatic rings. The van der Waals surface area contributed by atoms with Gasteiger partial charge < -0.3 is 16.0 Å². The summed E-state index contributed by atoms with van der Waals surface area (Å²) in [5, 5.41) is 12.1. The van der Waals surface area contributed by atoms with Crippen molar-refractivity contribution in [2.75, 3.05) is 26.7 Å². The monoisotopic (exact) mass is 716 g/mol. The van der Waals surface area contributed by atoms with Gasteiger partial charge in [-0.25, -0.2) is 0 Å². The van der Waals surface area contributed by atoms with Crippen LogP contribution < -0.4 is 16.0 Å². The molecule has 3 N–H and O–H groups in total. The van der Waals surface area contributed by atoms with Crippen LogP contribution in [0.25, 0.3) is 0 Å². The maximum Gasteiger partial charge on any atom is 0.0181 e. The van der Waals surface area contributed by atoms with Crippen molar-refractivity contribution in [1.82, 2.24) is 16.0 Å². The van der Waals surface area contributed by atoms with Crippen LogP contribution in [-0.2, 0) is 0 Å². The molecule has 0 bridgehead atoms. The Kier molecular flexibility index (Phi) is 16.4. The minimum Gasteiger partial charge on any atom is -0.316 e. The average Bonchev–Trinajstić information content (AvgIpc) is 3.24. The summed E-state index contributed by atoms with van der Waals surface area (Å²) in [6.07, 6.45) is 16.9. The molecule has 0 aromatic carbocycles. The maximum absolute atomic E-state index is 4.29. The zero-order chi connectivity index (χ0) is 39.3. The molecule has 0 amide bonds. The van der Waals surface area contributed by atoms with Crippen LogP contribution in [0.5, 0.6) is 0 Å². The lowest BCUT2D eigenvalue weighted by Gasteiger charge is -2.54. The van der Waals surface area contributed by atoms with Gasteiger partial charge in [0.1, 0.15) is 0 Å². The van der Waals surface area contributed by atoms with E-state index < -0.39 is 0 Å². The van der Waals surface area contributed by atoms with Crippen LogP contribution in [0, 0.1) is 62.1 Å². The minimum atomic E-state index is 0.189. The van der Waals surface area contributed by atoms with Crippen LogP contribution in [0.2, 0.25) is 0 Å². The molecule has 12 atom stereocenters. The van der Waals surface area contributed by atoms with E-state index in [4.69, 9.17) is 0 Å². The Labute approximate surface area is 323 Å². The third kappa shape index (κ3) is 10.6. The van der Waals surface area contributed by atoms with Gasteiger partial charge in [-0.2, -0.15) is 0 Å². The van der Waals surface area contributed by atoms with E-state index >= 15 is 0 Å². The van der Waals surface area contributed by atoms with E-state index in [1.165, 1.54) is 83.5 Å². The van der Waals surface area contributed by atoms with E-state index in [1.807, 2.05) is 0 Å². The molecular formula is C48H97N3. The van der Waals surface area contributed by atoms with Crippen molar-refractivity contribution >= 4 is 0 Å². The SMILES string of the molecule is CCCC(C)(CC)C(C)C1(C)CCCC(C)(C(C)C(C)(C)CC(C)(CC)C(C)C2(C)CCCC(C)(C(C)C(C)CC(C)(CC)NC)NC2)CNC1. The Morgan fingerprint density at radius 3 is 1.57 bits per heavy atom. The second-order valence-electron chi connectivity index (χ2n) is 22.3. The first kappa shape index (κ1) is 47.0. The summed E-state index contributed by atoms with van der Waals surface area (Å²) in [7, 11) is 2.15.